The molecule has 0 unspecified atom stereocenters. The van der Waals surface area contributed by atoms with Crippen molar-refractivity contribution in [3.8, 4) is 5.75 Å². The first-order valence-corrected chi connectivity index (χ1v) is 7.13. The number of carbonyl (C=O) groups excluding carboxylic acids is 1. The molecule has 0 heterocycles. The van der Waals surface area contributed by atoms with Crippen LogP contribution in [0, 0.1) is 0 Å². The molecule has 0 aromatic heterocycles. The van der Waals surface area contributed by atoms with Gasteiger partial charge in [0.05, 0.1) is 6.61 Å². The molecule has 0 amide bonds. The van der Waals surface area contributed by atoms with Crippen LogP contribution in [0.3, 0.4) is 0 Å². The molecule has 0 aliphatic heterocycles. The number of rotatable bonds is 10. The lowest BCUT2D eigenvalue weighted by Gasteiger charge is -2.11. The number of benzene rings is 1. The predicted octanol–water partition coefficient (Wildman–Crippen LogP) is 4.58. The second-order valence-electron chi connectivity index (χ2n) is 4.74. The van der Waals surface area contributed by atoms with Crippen LogP contribution < -0.4 is 4.74 Å². The van der Waals surface area contributed by atoms with Crippen LogP contribution in [0.2, 0.25) is 0 Å². The summed E-state index contributed by atoms with van der Waals surface area (Å²) in [5.41, 5.74) is 1.72. The van der Waals surface area contributed by atoms with Crippen molar-refractivity contribution in [1.82, 2.24) is 0 Å². The molecule has 2 heteroatoms. The molecule has 0 radical (unpaired) electrons. The fourth-order valence-corrected chi connectivity index (χ4v) is 2.02. The molecule has 104 valence electrons. The van der Waals surface area contributed by atoms with Crippen LogP contribution in [0.25, 0.3) is 0 Å². The van der Waals surface area contributed by atoms with Gasteiger partial charge in [-0.3, -0.25) is 4.79 Å². The maximum atomic E-state index is 10.8. The Hall–Kier alpha value is -1.57. The molecule has 19 heavy (non-hydrogen) atoms. The monoisotopic (exact) mass is 260 g/mol. The van der Waals surface area contributed by atoms with Gasteiger partial charge >= 0.3 is 0 Å². The summed E-state index contributed by atoms with van der Waals surface area (Å²) in [6.07, 6.45) is 9.57. The van der Waals surface area contributed by atoms with E-state index in [2.05, 4.69) is 13.5 Å². The first-order valence-electron chi connectivity index (χ1n) is 7.13. The van der Waals surface area contributed by atoms with E-state index in [1.807, 2.05) is 18.2 Å². The van der Waals surface area contributed by atoms with Crippen LogP contribution in [-0.2, 0) is 6.42 Å². The minimum Gasteiger partial charge on any atom is -0.493 e. The van der Waals surface area contributed by atoms with E-state index in [0.717, 1.165) is 37.0 Å². The minimum absolute atomic E-state index is 0.687. The Morgan fingerprint density at radius 1 is 1.21 bits per heavy atom. The normalized spacial score (nSPS) is 10.2. The third-order valence-electron chi connectivity index (χ3n) is 3.09. The molecular weight excluding hydrogens is 236 g/mol. The van der Waals surface area contributed by atoms with Gasteiger partial charge < -0.3 is 4.74 Å². The first kappa shape index (κ1) is 15.5. The lowest BCUT2D eigenvalue weighted by Crippen LogP contribution is -2.01. The van der Waals surface area contributed by atoms with Gasteiger partial charge in [-0.05, 0) is 36.6 Å². The lowest BCUT2D eigenvalue weighted by molar-refractivity contribution is 0.112. The van der Waals surface area contributed by atoms with E-state index in [1.165, 1.54) is 25.7 Å². The van der Waals surface area contributed by atoms with Crippen LogP contribution in [-0.4, -0.2) is 12.9 Å². The molecule has 0 atom stereocenters. The van der Waals surface area contributed by atoms with Crippen molar-refractivity contribution >= 4 is 6.29 Å². The highest BCUT2D eigenvalue weighted by Gasteiger charge is 2.04. The summed E-state index contributed by atoms with van der Waals surface area (Å²) in [6.45, 7) is 6.70. The third kappa shape index (κ3) is 5.73. The molecule has 0 spiro atoms. The number of ether oxygens (including phenoxy) is 1. The molecule has 0 aliphatic carbocycles. The lowest BCUT2D eigenvalue weighted by atomic mass is 10.1. The number of hydrogen-bond donors (Lipinski definition) is 0. The molecule has 1 aromatic carbocycles. The number of aldehydes is 1. The summed E-state index contributed by atoms with van der Waals surface area (Å²) in [4.78, 5) is 10.8. The zero-order valence-electron chi connectivity index (χ0n) is 11.9. The van der Waals surface area contributed by atoms with Crippen LogP contribution in [0.5, 0.6) is 5.75 Å². The van der Waals surface area contributed by atoms with Crippen molar-refractivity contribution in [2.45, 2.75) is 45.4 Å². The molecule has 0 saturated heterocycles. The van der Waals surface area contributed by atoms with Gasteiger partial charge in [0.1, 0.15) is 12.0 Å². The van der Waals surface area contributed by atoms with Crippen molar-refractivity contribution in [2.75, 3.05) is 6.61 Å². The van der Waals surface area contributed by atoms with E-state index >= 15 is 0 Å². The zero-order valence-corrected chi connectivity index (χ0v) is 11.9. The summed E-state index contributed by atoms with van der Waals surface area (Å²) in [7, 11) is 0. The Morgan fingerprint density at radius 3 is 2.68 bits per heavy atom. The maximum Gasteiger partial charge on any atom is 0.150 e. The molecule has 0 N–H and O–H groups in total. The predicted molar refractivity (Wildman–Crippen MR) is 80.0 cm³/mol. The van der Waals surface area contributed by atoms with Crippen molar-refractivity contribution in [1.29, 1.82) is 0 Å². The highest BCUT2D eigenvalue weighted by atomic mass is 16.5. The largest absolute Gasteiger partial charge is 0.493 e. The summed E-state index contributed by atoms with van der Waals surface area (Å²) in [5, 5.41) is 0. The highest BCUT2D eigenvalue weighted by Crippen LogP contribution is 2.21. The van der Waals surface area contributed by atoms with Crippen LogP contribution in [0.4, 0.5) is 0 Å². The van der Waals surface area contributed by atoms with Crippen molar-refractivity contribution in [3.05, 3.63) is 42.0 Å². The number of hydrogen-bond acceptors (Lipinski definition) is 2. The van der Waals surface area contributed by atoms with Gasteiger partial charge in [-0.2, -0.15) is 0 Å². The quantitative estimate of drug-likeness (QED) is 0.350. The summed E-state index contributed by atoms with van der Waals surface area (Å²) < 4.78 is 5.81. The zero-order chi connectivity index (χ0) is 13.9. The average molecular weight is 260 g/mol. The van der Waals surface area contributed by atoms with Crippen LogP contribution in [0.1, 0.15) is 54.9 Å². The minimum atomic E-state index is 0.687. The highest BCUT2D eigenvalue weighted by molar-refractivity contribution is 5.75. The van der Waals surface area contributed by atoms with Gasteiger partial charge in [-0.1, -0.05) is 38.7 Å². The molecule has 0 saturated carbocycles. The van der Waals surface area contributed by atoms with Gasteiger partial charge in [0.2, 0.25) is 0 Å². The van der Waals surface area contributed by atoms with Crippen LogP contribution >= 0.6 is 0 Å². The fraction of sp³-hybridized carbons (Fsp3) is 0.471. The molecule has 0 bridgehead atoms. The van der Waals surface area contributed by atoms with Crippen molar-refractivity contribution < 1.29 is 9.53 Å². The van der Waals surface area contributed by atoms with E-state index in [1.54, 1.807) is 6.07 Å². The van der Waals surface area contributed by atoms with Crippen molar-refractivity contribution in [3.63, 3.8) is 0 Å². The molecule has 1 rings (SSSR count). The van der Waals surface area contributed by atoms with Crippen LogP contribution in [0.15, 0.2) is 30.9 Å². The Kier molecular flexibility index (Phi) is 7.64. The van der Waals surface area contributed by atoms with Gasteiger partial charge in [0, 0.05) is 5.56 Å². The second kappa shape index (κ2) is 9.37. The van der Waals surface area contributed by atoms with Gasteiger partial charge in [-0.25, -0.2) is 0 Å². The Labute approximate surface area is 116 Å². The second-order valence-corrected chi connectivity index (χ2v) is 4.74. The summed E-state index contributed by atoms with van der Waals surface area (Å²) in [6, 6.07) is 5.56. The van der Waals surface area contributed by atoms with Crippen molar-refractivity contribution in [2.24, 2.45) is 0 Å². The van der Waals surface area contributed by atoms with Gasteiger partial charge in [0.25, 0.3) is 0 Å². The summed E-state index contributed by atoms with van der Waals surface area (Å²) >= 11 is 0. The Morgan fingerprint density at radius 2 is 2.00 bits per heavy atom. The topological polar surface area (TPSA) is 26.3 Å². The standard InChI is InChI=1S/C17H24O2/c1-3-5-6-7-8-12-19-17-11-10-15(14-18)13-16(17)9-4-2/h4,10-11,13-14H,2-3,5-9,12H2,1H3. The van der Waals surface area contributed by atoms with Gasteiger partial charge in [0.15, 0.2) is 0 Å². The number of carbonyl (C=O) groups is 1. The number of unbranched alkanes of at least 4 members (excludes halogenated alkanes) is 4. The molecular formula is C17H24O2. The fourth-order valence-electron chi connectivity index (χ4n) is 2.02. The summed E-state index contributed by atoms with van der Waals surface area (Å²) in [5.74, 6) is 0.876. The number of allylic oxidation sites excluding steroid dienone is 1. The van der Waals surface area contributed by atoms with E-state index in [4.69, 9.17) is 4.74 Å². The molecule has 0 aliphatic rings. The third-order valence-corrected chi connectivity index (χ3v) is 3.09. The SMILES string of the molecule is C=CCc1cc(C=O)ccc1OCCCCCCC. The Balaban J connectivity index is 2.47. The smallest absolute Gasteiger partial charge is 0.150 e. The Bertz CT molecular complexity index is 396. The van der Waals surface area contributed by atoms with E-state index in [9.17, 15) is 4.79 Å². The molecule has 0 fully saturated rings. The average Bonchev–Trinajstić information content (AvgIpc) is 2.44. The van der Waals surface area contributed by atoms with E-state index in [-0.39, 0.29) is 0 Å². The molecule has 1 aromatic rings. The first-order chi connectivity index (χ1) is 9.31. The molecule has 2 nitrogen and oxygen atoms in total. The van der Waals surface area contributed by atoms with E-state index in [0.29, 0.717) is 5.56 Å². The maximum absolute atomic E-state index is 10.8. The van der Waals surface area contributed by atoms with Gasteiger partial charge in [-0.15, -0.1) is 6.58 Å². The van der Waals surface area contributed by atoms with E-state index < -0.39 is 0 Å².